The Morgan fingerprint density at radius 3 is 2.16 bits per heavy atom. The topological polar surface area (TPSA) is 68.2 Å². The molecule has 0 bridgehead atoms. The van der Waals surface area contributed by atoms with Crippen LogP contribution in [-0.2, 0) is 0 Å². The van der Waals surface area contributed by atoms with E-state index in [-0.39, 0.29) is 28.4 Å². The van der Waals surface area contributed by atoms with Crippen molar-refractivity contribution < 1.29 is 28.8 Å². The molecule has 0 atom stereocenters. The van der Waals surface area contributed by atoms with Crippen LogP contribution in [0.25, 0.3) is 22.3 Å². The summed E-state index contributed by atoms with van der Waals surface area (Å²) in [5, 5.41) is 20.6. The van der Waals surface area contributed by atoms with Gasteiger partial charge in [0.2, 0.25) is 0 Å². The van der Waals surface area contributed by atoms with E-state index < -0.39 is 5.82 Å². The van der Waals surface area contributed by atoms with E-state index in [1.54, 1.807) is 37.3 Å². The summed E-state index contributed by atoms with van der Waals surface area (Å²) in [6.45, 7) is 5.96. The SMILES string of the molecule is COc1cc(-c2c(C)c(F)c(-c3ccc(O)cc3)c(OC)c2O)ccc1OCC=C(C)C. The molecular weight excluding hydrogens is 411 g/mol. The number of benzene rings is 3. The van der Waals surface area contributed by atoms with E-state index in [4.69, 9.17) is 14.2 Å². The maximum absolute atomic E-state index is 15.5. The minimum Gasteiger partial charge on any atom is -0.508 e. The van der Waals surface area contributed by atoms with Gasteiger partial charge < -0.3 is 24.4 Å². The third kappa shape index (κ3) is 4.49. The van der Waals surface area contributed by atoms with Crippen molar-refractivity contribution in [2.75, 3.05) is 20.8 Å². The second-order valence-corrected chi connectivity index (χ2v) is 7.58. The van der Waals surface area contributed by atoms with Crippen LogP contribution in [0.15, 0.2) is 54.1 Å². The molecule has 3 aromatic rings. The van der Waals surface area contributed by atoms with Crippen LogP contribution in [0.4, 0.5) is 4.39 Å². The highest BCUT2D eigenvalue weighted by molar-refractivity contribution is 5.86. The van der Waals surface area contributed by atoms with E-state index in [2.05, 4.69) is 0 Å². The van der Waals surface area contributed by atoms with Crippen LogP contribution >= 0.6 is 0 Å². The van der Waals surface area contributed by atoms with Gasteiger partial charge in [0.1, 0.15) is 18.2 Å². The fourth-order valence-corrected chi connectivity index (χ4v) is 3.48. The normalized spacial score (nSPS) is 10.6. The first-order valence-electron chi connectivity index (χ1n) is 10.1. The molecule has 6 heteroatoms. The van der Waals surface area contributed by atoms with Gasteiger partial charge in [-0.05, 0) is 67.8 Å². The Bertz CT molecular complexity index is 1150. The van der Waals surface area contributed by atoms with Gasteiger partial charge in [0, 0.05) is 5.56 Å². The molecule has 0 aliphatic heterocycles. The molecule has 0 amide bonds. The molecule has 3 aromatic carbocycles. The quantitative estimate of drug-likeness (QED) is 0.427. The Balaban J connectivity index is 2.13. The molecular formula is C26H27FO5. The number of ether oxygens (including phenoxy) is 3. The van der Waals surface area contributed by atoms with Crippen LogP contribution < -0.4 is 14.2 Å². The molecule has 2 N–H and O–H groups in total. The molecule has 3 rings (SSSR count). The molecule has 0 aliphatic carbocycles. The van der Waals surface area contributed by atoms with E-state index in [0.717, 1.165) is 5.57 Å². The summed E-state index contributed by atoms with van der Waals surface area (Å²) >= 11 is 0. The lowest BCUT2D eigenvalue weighted by molar-refractivity contribution is 0.326. The van der Waals surface area contributed by atoms with Gasteiger partial charge in [-0.2, -0.15) is 0 Å². The highest BCUT2D eigenvalue weighted by Gasteiger charge is 2.25. The molecule has 0 saturated heterocycles. The van der Waals surface area contributed by atoms with Crippen LogP contribution in [-0.4, -0.2) is 31.0 Å². The zero-order chi connectivity index (χ0) is 23.4. The fourth-order valence-electron chi connectivity index (χ4n) is 3.48. The smallest absolute Gasteiger partial charge is 0.171 e. The Hall–Kier alpha value is -3.67. The minimum absolute atomic E-state index is 0.0108. The average Bonchev–Trinajstić information content (AvgIpc) is 2.77. The van der Waals surface area contributed by atoms with Crippen molar-refractivity contribution in [3.63, 3.8) is 0 Å². The molecule has 0 fully saturated rings. The Kier molecular flexibility index (Phi) is 6.93. The second kappa shape index (κ2) is 9.64. The summed E-state index contributed by atoms with van der Waals surface area (Å²) in [6, 6.07) is 11.2. The van der Waals surface area contributed by atoms with E-state index in [1.807, 2.05) is 19.9 Å². The number of methoxy groups -OCH3 is 2. The maximum atomic E-state index is 15.5. The van der Waals surface area contributed by atoms with Gasteiger partial charge in [-0.3, -0.25) is 0 Å². The fraction of sp³-hybridized carbons (Fsp3) is 0.231. The molecule has 0 spiro atoms. The monoisotopic (exact) mass is 438 g/mol. The first-order chi connectivity index (χ1) is 15.3. The highest BCUT2D eigenvalue weighted by Crippen LogP contribution is 2.49. The zero-order valence-electron chi connectivity index (χ0n) is 18.8. The van der Waals surface area contributed by atoms with Crippen molar-refractivity contribution in [2.24, 2.45) is 0 Å². The second-order valence-electron chi connectivity index (χ2n) is 7.58. The van der Waals surface area contributed by atoms with Crippen LogP contribution in [0.5, 0.6) is 28.7 Å². The summed E-state index contributed by atoms with van der Waals surface area (Å²) in [5.74, 6) is 0.365. The number of halogens is 1. The summed E-state index contributed by atoms with van der Waals surface area (Å²) in [6.07, 6.45) is 1.95. The van der Waals surface area contributed by atoms with Gasteiger partial charge in [0.25, 0.3) is 0 Å². The Morgan fingerprint density at radius 2 is 1.56 bits per heavy atom. The van der Waals surface area contributed by atoms with Crippen molar-refractivity contribution in [3.05, 3.63) is 65.5 Å². The number of allylic oxidation sites excluding steroid dienone is 1. The average molecular weight is 438 g/mol. The zero-order valence-corrected chi connectivity index (χ0v) is 18.8. The largest absolute Gasteiger partial charge is 0.508 e. The number of hydrogen-bond acceptors (Lipinski definition) is 5. The molecule has 5 nitrogen and oxygen atoms in total. The van der Waals surface area contributed by atoms with Gasteiger partial charge in [0.05, 0.1) is 19.8 Å². The summed E-state index contributed by atoms with van der Waals surface area (Å²) in [5.41, 5.74) is 2.85. The van der Waals surface area contributed by atoms with Gasteiger partial charge in [-0.25, -0.2) is 4.39 Å². The maximum Gasteiger partial charge on any atom is 0.171 e. The van der Waals surface area contributed by atoms with Gasteiger partial charge in [-0.1, -0.05) is 23.8 Å². The van der Waals surface area contributed by atoms with Crippen LogP contribution in [0.2, 0.25) is 0 Å². The molecule has 32 heavy (non-hydrogen) atoms. The molecule has 168 valence electrons. The van der Waals surface area contributed by atoms with E-state index >= 15 is 4.39 Å². The van der Waals surface area contributed by atoms with Crippen molar-refractivity contribution in [2.45, 2.75) is 20.8 Å². The highest BCUT2D eigenvalue weighted by atomic mass is 19.1. The van der Waals surface area contributed by atoms with Gasteiger partial charge in [0.15, 0.2) is 23.0 Å². The van der Waals surface area contributed by atoms with Crippen LogP contribution in [0.3, 0.4) is 0 Å². The lowest BCUT2D eigenvalue weighted by Gasteiger charge is -2.19. The first-order valence-corrected chi connectivity index (χ1v) is 10.1. The van der Waals surface area contributed by atoms with E-state index in [1.165, 1.54) is 26.4 Å². The van der Waals surface area contributed by atoms with Gasteiger partial charge >= 0.3 is 0 Å². The summed E-state index contributed by atoms with van der Waals surface area (Å²) in [4.78, 5) is 0. The number of aromatic hydroxyl groups is 2. The molecule has 0 unspecified atom stereocenters. The molecule has 0 heterocycles. The van der Waals surface area contributed by atoms with E-state index in [9.17, 15) is 10.2 Å². The van der Waals surface area contributed by atoms with Gasteiger partial charge in [-0.15, -0.1) is 0 Å². The van der Waals surface area contributed by atoms with Crippen LogP contribution in [0, 0.1) is 12.7 Å². The number of phenolic OH excluding ortho intramolecular Hbond substituents is 2. The van der Waals surface area contributed by atoms with Crippen molar-refractivity contribution in [1.82, 2.24) is 0 Å². The Morgan fingerprint density at radius 1 is 0.906 bits per heavy atom. The third-order valence-electron chi connectivity index (χ3n) is 5.15. The molecule has 0 saturated carbocycles. The van der Waals surface area contributed by atoms with Crippen molar-refractivity contribution in [3.8, 4) is 51.0 Å². The Labute approximate surface area is 187 Å². The van der Waals surface area contributed by atoms with E-state index in [0.29, 0.717) is 34.8 Å². The predicted octanol–water partition coefficient (Wildman–Crippen LogP) is 6.24. The lowest BCUT2D eigenvalue weighted by Crippen LogP contribution is -2.00. The molecule has 0 aliphatic rings. The van der Waals surface area contributed by atoms with Crippen molar-refractivity contribution in [1.29, 1.82) is 0 Å². The lowest BCUT2D eigenvalue weighted by atomic mass is 9.92. The number of rotatable bonds is 7. The van der Waals surface area contributed by atoms with Crippen molar-refractivity contribution >= 4 is 0 Å². The summed E-state index contributed by atoms with van der Waals surface area (Å²) < 4.78 is 32.2. The molecule has 0 radical (unpaired) electrons. The first kappa shape index (κ1) is 23.0. The van der Waals surface area contributed by atoms with Crippen LogP contribution in [0.1, 0.15) is 19.4 Å². The standard InChI is InChI=1S/C26H27FO5/c1-15(2)12-13-32-20-11-8-18(14-21(20)30-4)22-16(3)24(27)23(26(31-5)25(22)29)17-6-9-19(28)10-7-17/h6-12,14,28-29H,13H2,1-5H3. The minimum atomic E-state index is -0.525. The molecule has 0 aromatic heterocycles. The summed E-state index contributed by atoms with van der Waals surface area (Å²) in [7, 11) is 2.90. The number of phenols is 2. The third-order valence-corrected chi connectivity index (χ3v) is 5.15. The number of hydrogen-bond donors (Lipinski definition) is 2. The predicted molar refractivity (Wildman–Crippen MR) is 123 cm³/mol.